The molecule has 2 N–H and O–H groups in total. The number of aryl methyl sites for hydroxylation is 1. The molecule has 0 saturated carbocycles. The van der Waals surface area contributed by atoms with Crippen molar-refractivity contribution in [2.75, 3.05) is 0 Å². The summed E-state index contributed by atoms with van der Waals surface area (Å²) in [6.07, 6.45) is 0. The van der Waals surface area contributed by atoms with Gasteiger partial charge >= 0.3 is 0 Å². The summed E-state index contributed by atoms with van der Waals surface area (Å²) in [5, 5.41) is 4.37. The zero-order valence-electron chi connectivity index (χ0n) is 10.0. The Hall–Kier alpha value is -1.68. The summed E-state index contributed by atoms with van der Waals surface area (Å²) < 4.78 is 15.5. The molecule has 0 aliphatic heterocycles. The molecule has 1 atom stereocenters. The van der Waals surface area contributed by atoms with Crippen LogP contribution >= 0.6 is 0 Å². The smallest absolute Gasteiger partial charge is 0.132 e. The van der Waals surface area contributed by atoms with Gasteiger partial charge in [-0.3, -0.25) is 4.68 Å². The largest absolute Gasteiger partial charge is 0.323 e. The van der Waals surface area contributed by atoms with Crippen molar-refractivity contribution in [1.82, 2.24) is 9.78 Å². The van der Waals surface area contributed by atoms with E-state index in [-0.39, 0.29) is 11.9 Å². The molecule has 0 amide bonds. The number of nitrogens with zero attached hydrogens (tertiary/aromatic N) is 2. The lowest BCUT2D eigenvalue weighted by Crippen LogP contribution is -2.07. The Morgan fingerprint density at radius 1 is 1.41 bits per heavy atom. The highest BCUT2D eigenvalue weighted by molar-refractivity contribution is 5.60. The standard InChI is InChI=1S/C13H16FN3/c1-3-17-13(8-12(16-17)9(2)15)10-6-4-5-7-11(10)14/h4-9H,3,15H2,1-2H3. The van der Waals surface area contributed by atoms with Gasteiger partial charge in [-0.25, -0.2) is 4.39 Å². The third kappa shape index (κ3) is 2.22. The predicted molar refractivity (Wildman–Crippen MR) is 65.9 cm³/mol. The maximum absolute atomic E-state index is 13.7. The van der Waals surface area contributed by atoms with Crippen LogP contribution in [-0.2, 0) is 6.54 Å². The van der Waals surface area contributed by atoms with Crippen molar-refractivity contribution in [2.24, 2.45) is 5.73 Å². The molecule has 2 rings (SSSR count). The molecule has 0 spiro atoms. The van der Waals surface area contributed by atoms with E-state index in [4.69, 9.17) is 5.73 Å². The predicted octanol–water partition coefficient (Wildman–Crippen LogP) is 2.73. The summed E-state index contributed by atoms with van der Waals surface area (Å²) in [5.74, 6) is -0.238. The second-order valence-corrected chi connectivity index (χ2v) is 4.04. The monoisotopic (exact) mass is 233 g/mol. The summed E-state index contributed by atoms with van der Waals surface area (Å²) in [6.45, 7) is 4.53. The molecule has 0 radical (unpaired) electrons. The summed E-state index contributed by atoms with van der Waals surface area (Å²) in [7, 11) is 0. The lowest BCUT2D eigenvalue weighted by molar-refractivity contribution is 0.615. The molecule has 90 valence electrons. The Morgan fingerprint density at radius 3 is 2.71 bits per heavy atom. The van der Waals surface area contributed by atoms with Gasteiger partial charge in [0.15, 0.2) is 0 Å². The van der Waals surface area contributed by atoms with Crippen LogP contribution in [-0.4, -0.2) is 9.78 Å². The maximum Gasteiger partial charge on any atom is 0.132 e. The third-order valence-electron chi connectivity index (χ3n) is 2.71. The summed E-state index contributed by atoms with van der Waals surface area (Å²) in [6, 6.07) is 8.41. The number of benzene rings is 1. The Morgan fingerprint density at radius 2 is 2.12 bits per heavy atom. The zero-order chi connectivity index (χ0) is 12.4. The molecule has 1 aromatic heterocycles. The van der Waals surface area contributed by atoms with E-state index in [1.807, 2.05) is 26.0 Å². The molecule has 3 nitrogen and oxygen atoms in total. The van der Waals surface area contributed by atoms with Crippen LogP contribution < -0.4 is 5.73 Å². The number of halogens is 1. The highest BCUT2D eigenvalue weighted by Crippen LogP contribution is 2.25. The Bertz CT molecular complexity index is 517. The van der Waals surface area contributed by atoms with Crippen LogP contribution in [0.5, 0.6) is 0 Å². The van der Waals surface area contributed by atoms with Gasteiger partial charge in [0, 0.05) is 18.2 Å². The van der Waals surface area contributed by atoms with Crippen LogP contribution in [0.1, 0.15) is 25.6 Å². The highest BCUT2D eigenvalue weighted by atomic mass is 19.1. The molecule has 2 aromatic rings. The fourth-order valence-corrected chi connectivity index (χ4v) is 1.79. The lowest BCUT2D eigenvalue weighted by Gasteiger charge is -2.05. The average Bonchev–Trinajstić information content (AvgIpc) is 2.73. The first-order valence-corrected chi connectivity index (χ1v) is 5.71. The van der Waals surface area contributed by atoms with E-state index in [1.165, 1.54) is 6.07 Å². The van der Waals surface area contributed by atoms with Crippen LogP contribution in [0.25, 0.3) is 11.3 Å². The molecule has 1 heterocycles. The molecule has 0 aliphatic rings. The van der Waals surface area contributed by atoms with Crippen LogP contribution in [0.3, 0.4) is 0 Å². The molecule has 0 fully saturated rings. The van der Waals surface area contributed by atoms with Gasteiger partial charge < -0.3 is 5.73 Å². The van der Waals surface area contributed by atoms with E-state index >= 15 is 0 Å². The van der Waals surface area contributed by atoms with Crippen LogP contribution in [0, 0.1) is 5.82 Å². The van der Waals surface area contributed by atoms with Gasteiger partial charge in [0.25, 0.3) is 0 Å². The average molecular weight is 233 g/mol. The summed E-state index contributed by atoms with van der Waals surface area (Å²) >= 11 is 0. The van der Waals surface area contributed by atoms with Crippen LogP contribution in [0.2, 0.25) is 0 Å². The van der Waals surface area contributed by atoms with Crippen molar-refractivity contribution >= 4 is 0 Å². The minimum atomic E-state index is -0.238. The maximum atomic E-state index is 13.7. The summed E-state index contributed by atoms with van der Waals surface area (Å²) in [4.78, 5) is 0. The minimum Gasteiger partial charge on any atom is -0.323 e. The van der Waals surface area contributed by atoms with Gasteiger partial charge in [-0.1, -0.05) is 12.1 Å². The number of nitrogens with two attached hydrogens (primary N) is 1. The van der Waals surface area contributed by atoms with E-state index in [2.05, 4.69) is 5.10 Å². The lowest BCUT2D eigenvalue weighted by atomic mass is 10.1. The normalized spacial score (nSPS) is 12.7. The fourth-order valence-electron chi connectivity index (χ4n) is 1.79. The van der Waals surface area contributed by atoms with E-state index in [0.717, 1.165) is 11.4 Å². The molecular formula is C13H16FN3. The Balaban J connectivity index is 2.55. The van der Waals surface area contributed by atoms with Gasteiger partial charge in [0.05, 0.1) is 11.4 Å². The first kappa shape index (κ1) is 11.8. The van der Waals surface area contributed by atoms with Crippen molar-refractivity contribution in [1.29, 1.82) is 0 Å². The van der Waals surface area contributed by atoms with E-state index in [0.29, 0.717) is 12.1 Å². The Labute approximate surface area is 100 Å². The highest BCUT2D eigenvalue weighted by Gasteiger charge is 2.13. The first-order valence-electron chi connectivity index (χ1n) is 5.71. The van der Waals surface area contributed by atoms with Gasteiger partial charge in [-0.05, 0) is 32.0 Å². The van der Waals surface area contributed by atoms with Gasteiger partial charge in [-0.2, -0.15) is 5.10 Å². The third-order valence-corrected chi connectivity index (χ3v) is 2.71. The summed E-state index contributed by atoms with van der Waals surface area (Å²) in [5.41, 5.74) is 7.92. The SMILES string of the molecule is CCn1nc(C(C)N)cc1-c1ccccc1F. The van der Waals surface area contributed by atoms with Gasteiger partial charge in [-0.15, -0.1) is 0 Å². The van der Waals surface area contributed by atoms with Crippen LogP contribution in [0.15, 0.2) is 30.3 Å². The van der Waals surface area contributed by atoms with E-state index < -0.39 is 0 Å². The van der Waals surface area contributed by atoms with Crippen molar-refractivity contribution in [3.8, 4) is 11.3 Å². The van der Waals surface area contributed by atoms with Crippen molar-refractivity contribution in [3.05, 3.63) is 41.8 Å². The molecule has 1 aromatic carbocycles. The Kier molecular flexibility index (Phi) is 3.24. The van der Waals surface area contributed by atoms with Gasteiger partial charge in [0.1, 0.15) is 5.82 Å². The molecule has 0 bridgehead atoms. The number of rotatable bonds is 3. The fraction of sp³-hybridized carbons (Fsp3) is 0.308. The van der Waals surface area contributed by atoms with Crippen LogP contribution in [0.4, 0.5) is 4.39 Å². The zero-order valence-corrected chi connectivity index (χ0v) is 10.0. The molecule has 1 unspecified atom stereocenters. The second-order valence-electron chi connectivity index (χ2n) is 4.04. The number of hydrogen-bond donors (Lipinski definition) is 1. The van der Waals surface area contributed by atoms with Crippen molar-refractivity contribution in [2.45, 2.75) is 26.4 Å². The van der Waals surface area contributed by atoms with Gasteiger partial charge in [0.2, 0.25) is 0 Å². The number of hydrogen-bond acceptors (Lipinski definition) is 2. The second kappa shape index (κ2) is 4.67. The minimum absolute atomic E-state index is 0.145. The molecule has 4 heteroatoms. The van der Waals surface area contributed by atoms with Crippen molar-refractivity contribution in [3.63, 3.8) is 0 Å². The molecule has 17 heavy (non-hydrogen) atoms. The topological polar surface area (TPSA) is 43.8 Å². The molecular weight excluding hydrogens is 217 g/mol. The quantitative estimate of drug-likeness (QED) is 0.885. The number of aromatic nitrogens is 2. The van der Waals surface area contributed by atoms with E-state index in [9.17, 15) is 4.39 Å². The molecule has 0 saturated heterocycles. The first-order chi connectivity index (χ1) is 8.13. The van der Waals surface area contributed by atoms with E-state index in [1.54, 1.807) is 16.8 Å². The van der Waals surface area contributed by atoms with Crippen molar-refractivity contribution < 1.29 is 4.39 Å². The molecule has 0 aliphatic carbocycles.